The molecule has 0 saturated carbocycles. The van der Waals surface area contributed by atoms with Crippen LogP contribution in [0.25, 0.3) is 23.1 Å². The van der Waals surface area contributed by atoms with E-state index in [9.17, 15) is 4.79 Å². The van der Waals surface area contributed by atoms with Gasteiger partial charge in [0.2, 0.25) is 5.95 Å². The van der Waals surface area contributed by atoms with Gasteiger partial charge in [0, 0.05) is 72.6 Å². The van der Waals surface area contributed by atoms with Gasteiger partial charge >= 0.3 is 6.09 Å². The van der Waals surface area contributed by atoms with Crippen molar-refractivity contribution in [2.24, 2.45) is 0 Å². The van der Waals surface area contributed by atoms with Crippen LogP contribution >= 0.6 is 0 Å². The number of anilines is 3. The summed E-state index contributed by atoms with van der Waals surface area (Å²) in [5.41, 5.74) is 4.70. The van der Waals surface area contributed by atoms with Crippen molar-refractivity contribution in [2.75, 3.05) is 36.4 Å². The second-order valence-electron chi connectivity index (χ2n) is 10.1. The molecule has 1 aliphatic rings. The number of piperazine rings is 1. The van der Waals surface area contributed by atoms with E-state index in [1.54, 1.807) is 4.90 Å². The largest absolute Gasteiger partial charge is 0.444 e. The van der Waals surface area contributed by atoms with Crippen LogP contribution in [0.1, 0.15) is 31.9 Å². The molecule has 8 nitrogen and oxygen atoms in total. The Balaban J connectivity index is 1.19. The topological polar surface area (TPSA) is 86.4 Å². The van der Waals surface area contributed by atoms with Crippen molar-refractivity contribution in [3.05, 3.63) is 78.2 Å². The maximum absolute atomic E-state index is 12.3. The number of H-pyrrole nitrogens is 1. The highest BCUT2D eigenvalue weighted by molar-refractivity contribution is 5.91. The summed E-state index contributed by atoms with van der Waals surface area (Å²) in [6, 6.07) is 16.4. The van der Waals surface area contributed by atoms with Gasteiger partial charge in [-0.3, -0.25) is 0 Å². The van der Waals surface area contributed by atoms with Gasteiger partial charge in [-0.15, -0.1) is 0 Å². The summed E-state index contributed by atoms with van der Waals surface area (Å²) in [6.45, 7) is 8.41. The maximum atomic E-state index is 12.3. The van der Waals surface area contributed by atoms with Gasteiger partial charge in [-0.05, 0) is 56.7 Å². The number of nitrogens with one attached hydrogen (secondary N) is 2. The van der Waals surface area contributed by atoms with Crippen LogP contribution < -0.4 is 10.2 Å². The molecule has 190 valence electrons. The van der Waals surface area contributed by atoms with Crippen molar-refractivity contribution in [3.63, 3.8) is 0 Å². The number of amides is 1. The van der Waals surface area contributed by atoms with Gasteiger partial charge in [-0.2, -0.15) is 0 Å². The molecule has 2 aromatic carbocycles. The fraction of sp³-hybridized carbons (Fsp3) is 0.276. The molecule has 5 rings (SSSR count). The number of hydrogen-bond donors (Lipinski definition) is 2. The standard InChI is InChI=1S/C29H32N6O2/c1-29(2,3)37-28(36)35-16-14-34(15-17-35)24-8-5-7-23(18-24)33-27-31-19-21(20-32-27)10-11-22-6-4-9-26-25(22)12-13-30-26/h4-13,18-20,30H,14-17H2,1-3H3,(H,31,32,33)/b11-10+. The zero-order valence-corrected chi connectivity index (χ0v) is 21.4. The lowest BCUT2D eigenvalue weighted by Crippen LogP contribution is -2.50. The van der Waals surface area contributed by atoms with Gasteiger partial charge in [0.25, 0.3) is 0 Å². The minimum Gasteiger partial charge on any atom is -0.444 e. The van der Waals surface area contributed by atoms with E-state index in [4.69, 9.17) is 4.74 Å². The fourth-order valence-electron chi connectivity index (χ4n) is 4.31. The number of benzene rings is 2. The average Bonchev–Trinajstić information content (AvgIpc) is 3.37. The minimum atomic E-state index is -0.484. The van der Waals surface area contributed by atoms with Crippen LogP contribution in [0, 0.1) is 0 Å². The second-order valence-corrected chi connectivity index (χ2v) is 10.1. The Morgan fingerprint density at radius 3 is 2.51 bits per heavy atom. The molecule has 0 radical (unpaired) electrons. The van der Waals surface area contributed by atoms with E-state index in [2.05, 4.69) is 61.6 Å². The first-order valence-corrected chi connectivity index (χ1v) is 12.5. The number of aromatic nitrogens is 3. The molecule has 0 aliphatic carbocycles. The van der Waals surface area contributed by atoms with Gasteiger partial charge in [0.1, 0.15) is 5.60 Å². The molecule has 0 spiro atoms. The molecule has 2 N–H and O–H groups in total. The molecular weight excluding hydrogens is 464 g/mol. The number of ether oxygens (including phenoxy) is 1. The number of hydrogen-bond acceptors (Lipinski definition) is 6. The summed E-state index contributed by atoms with van der Waals surface area (Å²) in [7, 11) is 0. The summed E-state index contributed by atoms with van der Waals surface area (Å²) in [4.78, 5) is 28.6. The van der Waals surface area contributed by atoms with E-state index in [-0.39, 0.29) is 6.09 Å². The predicted molar refractivity (Wildman–Crippen MR) is 149 cm³/mol. The third-order valence-corrected chi connectivity index (χ3v) is 6.15. The zero-order valence-electron chi connectivity index (χ0n) is 21.4. The van der Waals surface area contributed by atoms with Gasteiger partial charge in [-0.25, -0.2) is 14.8 Å². The number of fused-ring (bicyclic) bond motifs is 1. The Bertz CT molecular complexity index is 1400. The lowest BCUT2D eigenvalue weighted by atomic mass is 10.1. The summed E-state index contributed by atoms with van der Waals surface area (Å²) in [5.74, 6) is 0.539. The van der Waals surface area contributed by atoms with Crippen molar-refractivity contribution in [3.8, 4) is 0 Å². The highest BCUT2D eigenvalue weighted by atomic mass is 16.6. The van der Waals surface area contributed by atoms with Crippen molar-refractivity contribution < 1.29 is 9.53 Å². The van der Waals surface area contributed by atoms with Crippen molar-refractivity contribution in [1.82, 2.24) is 19.9 Å². The van der Waals surface area contributed by atoms with Gasteiger partial charge in [-0.1, -0.05) is 30.4 Å². The predicted octanol–water partition coefficient (Wildman–Crippen LogP) is 5.93. The number of rotatable bonds is 5. The third kappa shape index (κ3) is 6.09. The zero-order chi connectivity index (χ0) is 25.8. The van der Waals surface area contributed by atoms with Crippen LogP contribution in [0.3, 0.4) is 0 Å². The molecule has 0 bridgehead atoms. The molecule has 8 heteroatoms. The lowest BCUT2D eigenvalue weighted by Gasteiger charge is -2.36. The maximum Gasteiger partial charge on any atom is 0.410 e. The van der Waals surface area contributed by atoms with E-state index in [1.165, 1.54) is 5.39 Å². The lowest BCUT2D eigenvalue weighted by molar-refractivity contribution is 0.0240. The van der Waals surface area contributed by atoms with Crippen molar-refractivity contribution in [1.29, 1.82) is 0 Å². The van der Waals surface area contributed by atoms with Crippen molar-refractivity contribution in [2.45, 2.75) is 26.4 Å². The third-order valence-electron chi connectivity index (χ3n) is 6.15. The van der Waals surface area contributed by atoms with Crippen LogP contribution in [0.15, 0.2) is 67.1 Å². The van der Waals surface area contributed by atoms with Crippen LogP contribution in [0.2, 0.25) is 0 Å². The number of carbonyl (C=O) groups is 1. The fourth-order valence-corrected chi connectivity index (χ4v) is 4.31. The van der Waals surface area contributed by atoms with Gasteiger partial charge in [0.15, 0.2) is 0 Å². The van der Waals surface area contributed by atoms with Crippen LogP contribution in [-0.2, 0) is 4.74 Å². The molecule has 0 atom stereocenters. The molecule has 37 heavy (non-hydrogen) atoms. The highest BCUT2D eigenvalue weighted by Crippen LogP contribution is 2.24. The molecule has 2 aromatic heterocycles. The summed E-state index contributed by atoms with van der Waals surface area (Å²) in [5, 5.41) is 4.48. The Hall–Kier alpha value is -4.33. The molecule has 3 heterocycles. The number of nitrogens with zero attached hydrogens (tertiary/aromatic N) is 4. The molecule has 1 aliphatic heterocycles. The van der Waals surface area contributed by atoms with Gasteiger partial charge < -0.3 is 24.8 Å². The SMILES string of the molecule is CC(C)(C)OC(=O)N1CCN(c2cccc(Nc3ncc(/C=C/c4cccc5[nH]ccc45)cn3)c2)CC1. The first kappa shape index (κ1) is 24.4. The monoisotopic (exact) mass is 496 g/mol. The highest BCUT2D eigenvalue weighted by Gasteiger charge is 2.26. The molecule has 1 amide bonds. The van der Waals surface area contributed by atoms with E-state index in [1.807, 2.05) is 63.6 Å². The second kappa shape index (κ2) is 10.3. The average molecular weight is 497 g/mol. The van der Waals surface area contributed by atoms with E-state index >= 15 is 0 Å². The minimum absolute atomic E-state index is 0.250. The molecule has 1 saturated heterocycles. The Labute approximate surface area is 217 Å². The molecular formula is C29H32N6O2. The van der Waals surface area contributed by atoms with E-state index in [0.29, 0.717) is 19.0 Å². The summed E-state index contributed by atoms with van der Waals surface area (Å²) >= 11 is 0. The molecule has 1 fully saturated rings. The quantitative estimate of drug-likeness (QED) is 0.356. The van der Waals surface area contributed by atoms with E-state index in [0.717, 1.165) is 41.1 Å². The van der Waals surface area contributed by atoms with Crippen molar-refractivity contribution >= 4 is 46.5 Å². The van der Waals surface area contributed by atoms with Gasteiger partial charge in [0.05, 0.1) is 0 Å². The molecule has 0 unspecified atom stereocenters. The Morgan fingerprint density at radius 1 is 1.00 bits per heavy atom. The summed E-state index contributed by atoms with van der Waals surface area (Å²) < 4.78 is 5.50. The normalized spacial score (nSPS) is 14.4. The first-order valence-electron chi connectivity index (χ1n) is 12.5. The van der Waals surface area contributed by atoms with Crippen LogP contribution in [0.4, 0.5) is 22.1 Å². The van der Waals surface area contributed by atoms with Crippen LogP contribution in [-0.4, -0.2) is 57.7 Å². The first-order chi connectivity index (χ1) is 17.8. The number of carbonyl (C=O) groups excluding carboxylic acids is 1. The van der Waals surface area contributed by atoms with Crippen LogP contribution in [0.5, 0.6) is 0 Å². The Morgan fingerprint density at radius 2 is 1.76 bits per heavy atom. The molecule has 4 aromatic rings. The Kier molecular flexibility index (Phi) is 6.81. The summed E-state index contributed by atoms with van der Waals surface area (Å²) in [6.07, 6.45) is 9.41. The number of aromatic amines is 1. The smallest absolute Gasteiger partial charge is 0.410 e. The van der Waals surface area contributed by atoms with E-state index < -0.39 is 5.60 Å².